The highest BCUT2D eigenvalue weighted by atomic mass is 16.5. The Hall–Kier alpha value is -2.03. The Morgan fingerprint density at radius 2 is 1.83 bits per heavy atom. The Morgan fingerprint density at radius 1 is 1.22 bits per heavy atom. The van der Waals surface area contributed by atoms with Crippen molar-refractivity contribution in [2.45, 2.75) is 13.3 Å². The van der Waals surface area contributed by atoms with Crippen LogP contribution < -0.4 is 4.74 Å². The van der Waals surface area contributed by atoms with E-state index < -0.39 is 0 Å². The van der Waals surface area contributed by atoms with E-state index in [0.29, 0.717) is 17.7 Å². The summed E-state index contributed by atoms with van der Waals surface area (Å²) in [5.41, 5.74) is 2.34. The molecule has 3 nitrogen and oxygen atoms in total. The van der Waals surface area contributed by atoms with Crippen LogP contribution in [0.3, 0.4) is 0 Å². The number of allylic oxidation sites excluding steroid dienone is 1. The van der Waals surface area contributed by atoms with Crippen molar-refractivity contribution in [3.8, 4) is 5.75 Å². The number of esters is 1. The van der Waals surface area contributed by atoms with Crippen LogP contribution >= 0.6 is 0 Å². The molecule has 0 unspecified atom stereocenters. The fraction of sp³-hybridized carbons (Fsp3) is 0.267. The van der Waals surface area contributed by atoms with Crippen LogP contribution in [0.25, 0.3) is 0 Å². The average molecular weight is 246 g/mol. The molecule has 0 aliphatic heterocycles. The van der Waals surface area contributed by atoms with Crippen molar-refractivity contribution in [2.75, 3.05) is 13.7 Å². The lowest BCUT2D eigenvalue weighted by molar-refractivity contribution is 0.0538. The van der Waals surface area contributed by atoms with Crippen molar-refractivity contribution in [3.63, 3.8) is 0 Å². The molecule has 0 saturated heterocycles. The van der Waals surface area contributed by atoms with Gasteiger partial charge in [0.05, 0.1) is 12.7 Å². The van der Waals surface area contributed by atoms with Crippen LogP contribution in [0.4, 0.5) is 0 Å². The molecule has 1 rings (SSSR count). The van der Waals surface area contributed by atoms with E-state index in [-0.39, 0.29) is 12.6 Å². The molecule has 0 saturated carbocycles. The Bertz CT molecular complexity index is 443. The van der Waals surface area contributed by atoms with Crippen LogP contribution in [0.2, 0.25) is 0 Å². The van der Waals surface area contributed by atoms with E-state index in [1.54, 1.807) is 31.4 Å². The third-order valence-electron chi connectivity index (χ3n) is 2.28. The van der Waals surface area contributed by atoms with Crippen LogP contribution in [-0.2, 0) is 4.74 Å². The monoisotopic (exact) mass is 246 g/mol. The average Bonchev–Trinajstić information content (AvgIpc) is 2.35. The maximum atomic E-state index is 11.7. The molecule has 0 aliphatic rings. The van der Waals surface area contributed by atoms with Crippen molar-refractivity contribution < 1.29 is 14.3 Å². The van der Waals surface area contributed by atoms with E-state index >= 15 is 0 Å². The molecular weight excluding hydrogens is 228 g/mol. The third-order valence-corrected chi connectivity index (χ3v) is 2.28. The summed E-state index contributed by atoms with van der Waals surface area (Å²) in [6.45, 7) is 9.75. The zero-order chi connectivity index (χ0) is 13.5. The van der Waals surface area contributed by atoms with Crippen LogP contribution in [0.5, 0.6) is 5.75 Å². The van der Waals surface area contributed by atoms with Crippen LogP contribution in [0, 0.1) is 0 Å². The predicted molar refractivity (Wildman–Crippen MR) is 71.8 cm³/mol. The predicted octanol–water partition coefficient (Wildman–Crippen LogP) is 3.37. The standard InChI is InChI=1S/C15H18O3/c1-11(2)9-12(3)10-18-15(16)13-5-7-14(17-4)8-6-13/h5-8H,1,3,9-10H2,2,4H3. The van der Waals surface area contributed by atoms with Gasteiger partial charge in [-0.3, -0.25) is 0 Å². The second-order valence-electron chi connectivity index (χ2n) is 4.19. The molecule has 0 aliphatic carbocycles. The summed E-state index contributed by atoms with van der Waals surface area (Å²) in [4.78, 5) is 11.7. The van der Waals surface area contributed by atoms with E-state index in [1.165, 1.54) is 0 Å². The Labute approximate surface area is 108 Å². The molecule has 1 aromatic carbocycles. The van der Waals surface area contributed by atoms with E-state index in [0.717, 1.165) is 11.1 Å². The number of hydrogen-bond donors (Lipinski definition) is 0. The number of carbonyl (C=O) groups is 1. The first-order valence-electron chi connectivity index (χ1n) is 5.65. The van der Waals surface area contributed by atoms with Gasteiger partial charge in [-0.1, -0.05) is 18.7 Å². The summed E-state index contributed by atoms with van der Waals surface area (Å²) >= 11 is 0. The van der Waals surface area contributed by atoms with E-state index in [4.69, 9.17) is 9.47 Å². The molecular formula is C15H18O3. The Balaban J connectivity index is 2.49. The molecule has 96 valence electrons. The van der Waals surface area contributed by atoms with Crippen LogP contribution in [0.15, 0.2) is 48.6 Å². The van der Waals surface area contributed by atoms with E-state index in [9.17, 15) is 4.79 Å². The minimum Gasteiger partial charge on any atom is -0.497 e. The van der Waals surface area contributed by atoms with Crippen molar-refractivity contribution in [1.29, 1.82) is 0 Å². The van der Waals surface area contributed by atoms with Gasteiger partial charge in [-0.05, 0) is 43.2 Å². The molecule has 0 bridgehead atoms. The van der Waals surface area contributed by atoms with Crippen LogP contribution in [0.1, 0.15) is 23.7 Å². The second-order valence-corrected chi connectivity index (χ2v) is 4.19. The number of carbonyl (C=O) groups excluding carboxylic acids is 1. The Kier molecular flexibility index (Phi) is 5.18. The van der Waals surface area contributed by atoms with Crippen molar-refractivity contribution >= 4 is 5.97 Å². The lowest BCUT2D eigenvalue weighted by Gasteiger charge is -2.07. The molecule has 0 N–H and O–H groups in total. The molecule has 0 amide bonds. The number of rotatable bonds is 6. The summed E-state index contributed by atoms with van der Waals surface area (Å²) in [5.74, 6) is 0.346. The second kappa shape index (κ2) is 6.64. The van der Waals surface area contributed by atoms with Gasteiger partial charge >= 0.3 is 5.97 Å². The van der Waals surface area contributed by atoms with Gasteiger partial charge in [0.25, 0.3) is 0 Å². The first-order chi connectivity index (χ1) is 8.52. The maximum Gasteiger partial charge on any atom is 0.338 e. The summed E-state index contributed by atoms with van der Waals surface area (Å²) in [6.07, 6.45) is 0.676. The highest BCUT2D eigenvalue weighted by molar-refractivity contribution is 5.89. The topological polar surface area (TPSA) is 35.5 Å². The quantitative estimate of drug-likeness (QED) is 0.570. The molecule has 0 spiro atoms. The van der Waals surface area contributed by atoms with Crippen LogP contribution in [-0.4, -0.2) is 19.7 Å². The normalized spacial score (nSPS) is 9.67. The summed E-state index contributed by atoms with van der Waals surface area (Å²) in [7, 11) is 1.58. The summed E-state index contributed by atoms with van der Waals surface area (Å²) in [6, 6.07) is 6.78. The molecule has 0 radical (unpaired) electrons. The molecule has 1 aromatic rings. The Morgan fingerprint density at radius 3 is 2.33 bits per heavy atom. The van der Waals surface area contributed by atoms with Crippen molar-refractivity contribution in [3.05, 3.63) is 54.1 Å². The molecule has 0 fully saturated rings. The largest absolute Gasteiger partial charge is 0.497 e. The third kappa shape index (κ3) is 4.45. The van der Waals surface area contributed by atoms with E-state index in [2.05, 4.69) is 13.2 Å². The van der Waals surface area contributed by atoms with Gasteiger partial charge in [-0.25, -0.2) is 4.79 Å². The smallest absolute Gasteiger partial charge is 0.338 e. The number of hydrogen-bond acceptors (Lipinski definition) is 3. The van der Waals surface area contributed by atoms with Gasteiger partial charge in [0, 0.05) is 0 Å². The molecule has 0 atom stereocenters. The van der Waals surface area contributed by atoms with Gasteiger partial charge in [0.2, 0.25) is 0 Å². The fourth-order valence-electron chi connectivity index (χ4n) is 1.46. The minimum absolute atomic E-state index is 0.220. The first kappa shape index (κ1) is 14.0. The number of ether oxygens (including phenoxy) is 2. The van der Waals surface area contributed by atoms with Gasteiger partial charge in [0.15, 0.2) is 0 Å². The minimum atomic E-state index is -0.361. The summed E-state index contributed by atoms with van der Waals surface area (Å²) < 4.78 is 10.2. The first-order valence-corrected chi connectivity index (χ1v) is 5.65. The van der Waals surface area contributed by atoms with Gasteiger partial charge in [0.1, 0.15) is 12.4 Å². The molecule has 0 aromatic heterocycles. The highest BCUT2D eigenvalue weighted by Crippen LogP contribution is 2.13. The van der Waals surface area contributed by atoms with Crippen molar-refractivity contribution in [1.82, 2.24) is 0 Å². The molecule has 0 heterocycles. The van der Waals surface area contributed by atoms with Gasteiger partial charge < -0.3 is 9.47 Å². The molecule has 3 heteroatoms. The number of methoxy groups -OCH3 is 1. The highest BCUT2D eigenvalue weighted by Gasteiger charge is 2.07. The maximum absolute atomic E-state index is 11.7. The summed E-state index contributed by atoms with van der Waals surface area (Å²) in [5, 5.41) is 0. The molecule has 18 heavy (non-hydrogen) atoms. The van der Waals surface area contributed by atoms with Crippen molar-refractivity contribution in [2.24, 2.45) is 0 Å². The lowest BCUT2D eigenvalue weighted by atomic mass is 10.1. The number of benzene rings is 1. The zero-order valence-electron chi connectivity index (χ0n) is 10.9. The van der Waals surface area contributed by atoms with E-state index in [1.807, 2.05) is 6.92 Å². The van der Waals surface area contributed by atoms with Gasteiger partial charge in [-0.15, -0.1) is 0 Å². The fourth-order valence-corrected chi connectivity index (χ4v) is 1.46. The lowest BCUT2D eigenvalue weighted by Crippen LogP contribution is -2.07. The van der Waals surface area contributed by atoms with Gasteiger partial charge in [-0.2, -0.15) is 0 Å². The zero-order valence-corrected chi connectivity index (χ0v) is 10.9. The SMILES string of the molecule is C=C(C)CC(=C)COC(=O)c1ccc(OC)cc1.